The molecule has 96 valence electrons. The van der Waals surface area contributed by atoms with Crippen molar-refractivity contribution in [2.45, 2.75) is 20.3 Å². The Morgan fingerprint density at radius 1 is 1.05 bits per heavy atom. The van der Waals surface area contributed by atoms with E-state index in [-0.39, 0.29) is 40.2 Å². The van der Waals surface area contributed by atoms with Crippen LogP contribution in [0.1, 0.15) is 49.1 Å². The van der Waals surface area contributed by atoms with Crippen LogP contribution in [0.2, 0.25) is 0 Å². The van der Waals surface area contributed by atoms with E-state index in [0.717, 1.165) is 0 Å². The van der Waals surface area contributed by atoms with Crippen LogP contribution in [0.4, 0.5) is 0 Å². The lowest BCUT2D eigenvalue weighted by atomic mass is 9.90. The van der Waals surface area contributed by atoms with E-state index >= 15 is 0 Å². The van der Waals surface area contributed by atoms with Crippen molar-refractivity contribution in [3.8, 4) is 5.75 Å². The van der Waals surface area contributed by atoms with Crippen molar-refractivity contribution in [3.63, 3.8) is 0 Å². The molecule has 0 saturated heterocycles. The Balaban J connectivity index is 2.46. The second kappa shape index (κ2) is 3.50. The number of ether oxygens (including phenoxy) is 2. The SMILES string of the molecule is CC(=O)c1c(C)c2c(c3c1OC(=O)C3)C(=O)OC2=O. The van der Waals surface area contributed by atoms with Crippen LogP contribution in [0.15, 0.2) is 0 Å². The molecule has 0 aliphatic carbocycles. The van der Waals surface area contributed by atoms with Gasteiger partial charge in [-0.05, 0) is 19.4 Å². The van der Waals surface area contributed by atoms with Gasteiger partial charge < -0.3 is 9.47 Å². The Morgan fingerprint density at radius 3 is 2.32 bits per heavy atom. The third-order valence-corrected chi connectivity index (χ3v) is 3.29. The number of carbonyl (C=O) groups is 4. The molecule has 0 aromatic heterocycles. The van der Waals surface area contributed by atoms with Gasteiger partial charge in [0.15, 0.2) is 5.78 Å². The summed E-state index contributed by atoms with van der Waals surface area (Å²) in [6, 6.07) is 0. The molecule has 0 saturated carbocycles. The summed E-state index contributed by atoms with van der Waals surface area (Å²) in [5.41, 5.74) is 0.852. The normalized spacial score (nSPS) is 16.0. The summed E-state index contributed by atoms with van der Waals surface area (Å²) in [6.07, 6.45) is -0.138. The highest BCUT2D eigenvalue weighted by Gasteiger charge is 2.42. The largest absolute Gasteiger partial charge is 0.425 e. The van der Waals surface area contributed by atoms with Gasteiger partial charge >= 0.3 is 17.9 Å². The summed E-state index contributed by atoms with van der Waals surface area (Å²) >= 11 is 0. The molecule has 0 spiro atoms. The zero-order chi connectivity index (χ0) is 13.9. The molecule has 1 aromatic carbocycles. The average Bonchev–Trinajstić information content (AvgIpc) is 2.79. The molecule has 0 unspecified atom stereocenters. The molecule has 0 radical (unpaired) electrons. The van der Waals surface area contributed by atoms with Gasteiger partial charge in [-0.15, -0.1) is 0 Å². The Hall–Kier alpha value is -2.50. The second-order valence-electron chi connectivity index (χ2n) is 4.44. The van der Waals surface area contributed by atoms with Crippen molar-refractivity contribution in [2.24, 2.45) is 0 Å². The van der Waals surface area contributed by atoms with Crippen LogP contribution >= 0.6 is 0 Å². The Labute approximate surface area is 107 Å². The lowest BCUT2D eigenvalue weighted by Gasteiger charge is -2.10. The van der Waals surface area contributed by atoms with Gasteiger partial charge in [-0.2, -0.15) is 0 Å². The first kappa shape index (κ1) is 11.6. The molecule has 3 rings (SSSR count). The van der Waals surface area contributed by atoms with Gasteiger partial charge in [0.2, 0.25) is 0 Å². The average molecular weight is 260 g/mol. The van der Waals surface area contributed by atoms with Crippen LogP contribution < -0.4 is 4.74 Å². The van der Waals surface area contributed by atoms with Crippen LogP contribution in [0.25, 0.3) is 0 Å². The van der Waals surface area contributed by atoms with Crippen molar-refractivity contribution in [1.82, 2.24) is 0 Å². The summed E-state index contributed by atoms with van der Waals surface area (Å²) in [5.74, 6) is -2.40. The van der Waals surface area contributed by atoms with E-state index in [1.807, 2.05) is 0 Å². The second-order valence-corrected chi connectivity index (χ2v) is 4.44. The topological polar surface area (TPSA) is 86.7 Å². The molecule has 2 aliphatic heterocycles. The molecule has 2 heterocycles. The summed E-state index contributed by atoms with van der Waals surface area (Å²) in [7, 11) is 0. The molecule has 0 bridgehead atoms. The van der Waals surface area contributed by atoms with Crippen LogP contribution in [-0.4, -0.2) is 23.7 Å². The van der Waals surface area contributed by atoms with Gasteiger partial charge in [0.1, 0.15) is 5.75 Å². The van der Waals surface area contributed by atoms with E-state index < -0.39 is 17.9 Å². The van der Waals surface area contributed by atoms with Crippen LogP contribution in [0, 0.1) is 6.92 Å². The molecule has 6 heteroatoms. The molecule has 0 amide bonds. The van der Waals surface area contributed by atoms with Gasteiger partial charge in [-0.25, -0.2) is 9.59 Å². The minimum atomic E-state index is -0.798. The Morgan fingerprint density at radius 2 is 1.68 bits per heavy atom. The number of carbonyl (C=O) groups excluding carboxylic acids is 4. The number of hydrogen-bond donors (Lipinski definition) is 0. The van der Waals surface area contributed by atoms with Crippen LogP contribution in [0.5, 0.6) is 5.75 Å². The maximum atomic E-state index is 11.7. The maximum Gasteiger partial charge on any atom is 0.347 e. The molecule has 1 aromatic rings. The number of esters is 3. The lowest BCUT2D eigenvalue weighted by molar-refractivity contribution is -0.131. The molecular formula is C13H8O6. The molecule has 0 atom stereocenters. The quantitative estimate of drug-likeness (QED) is 0.323. The minimum Gasteiger partial charge on any atom is -0.425 e. The highest BCUT2D eigenvalue weighted by Crippen LogP contribution is 2.41. The molecule has 6 nitrogen and oxygen atoms in total. The first-order valence-electron chi connectivity index (χ1n) is 5.59. The summed E-state index contributed by atoms with van der Waals surface area (Å²) in [6.45, 7) is 2.84. The molecule has 0 N–H and O–H groups in total. The predicted octanol–water partition coefficient (Wildman–Crippen LogP) is 0.970. The Kier molecular flexibility index (Phi) is 2.14. The third-order valence-electron chi connectivity index (χ3n) is 3.29. The lowest BCUT2D eigenvalue weighted by Crippen LogP contribution is -2.08. The van der Waals surface area contributed by atoms with Crippen molar-refractivity contribution in [3.05, 3.63) is 27.8 Å². The first-order valence-corrected chi connectivity index (χ1v) is 5.59. The molecular weight excluding hydrogens is 252 g/mol. The molecule has 2 aliphatic rings. The fourth-order valence-electron chi connectivity index (χ4n) is 2.56. The number of fused-ring (bicyclic) bond motifs is 3. The number of hydrogen-bond acceptors (Lipinski definition) is 6. The predicted molar refractivity (Wildman–Crippen MR) is 60.3 cm³/mol. The highest BCUT2D eigenvalue weighted by molar-refractivity contribution is 6.19. The smallest absolute Gasteiger partial charge is 0.347 e. The van der Waals surface area contributed by atoms with Crippen LogP contribution in [0.3, 0.4) is 0 Å². The number of rotatable bonds is 1. The number of cyclic esters (lactones) is 2. The standard InChI is InChI=1S/C13H8O6/c1-4-8(5(2)14)11-6(3-7(15)18-11)10-9(4)12(16)19-13(10)17/h3H2,1-2H3. The summed E-state index contributed by atoms with van der Waals surface area (Å²) < 4.78 is 9.56. The van der Waals surface area contributed by atoms with E-state index in [0.29, 0.717) is 5.56 Å². The van der Waals surface area contributed by atoms with Crippen LogP contribution in [-0.2, 0) is 16.0 Å². The van der Waals surface area contributed by atoms with Gasteiger partial charge in [0, 0.05) is 5.56 Å². The van der Waals surface area contributed by atoms with Gasteiger partial charge in [-0.1, -0.05) is 0 Å². The van der Waals surface area contributed by atoms with E-state index in [1.54, 1.807) is 0 Å². The fraction of sp³-hybridized carbons (Fsp3) is 0.231. The number of benzene rings is 1. The number of Topliss-reactive ketones (excluding diaryl/α,β-unsaturated/α-hetero) is 1. The monoisotopic (exact) mass is 260 g/mol. The van der Waals surface area contributed by atoms with E-state index in [1.165, 1.54) is 13.8 Å². The zero-order valence-electron chi connectivity index (χ0n) is 10.2. The van der Waals surface area contributed by atoms with E-state index in [9.17, 15) is 19.2 Å². The first-order chi connectivity index (χ1) is 8.91. The maximum absolute atomic E-state index is 11.7. The Bertz CT molecular complexity index is 698. The minimum absolute atomic E-state index is 0.0494. The van der Waals surface area contributed by atoms with E-state index in [4.69, 9.17) is 4.74 Å². The van der Waals surface area contributed by atoms with Crippen molar-refractivity contribution >= 4 is 23.7 Å². The molecule has 0 fully saturated rings. The number of ketones is 1. The summed E-state index contributed by atoms with van der Waals surface area (Å²) in [4.78, 5) is 46.4. The van der Waals surface area contributed by atoms with Crippen molar-refractivity contribution in [2.75, 3.05) is 0 Å². The zero-order valence-corrected chi connectivity index (χ0v) is 10.2. The van der Waals surface area contributed by atoms with Gasteiger partial charge in [-0.3, -0.25) is 9.59 Å². The third kappa shape index (κ3) is 1.36. The fourth-order valence-corrected chi connectivity index (χ4v) is 2.56. The summed E-state index contributed by atoms with van der Waals surface area (Å²) in [5, 5.41) is 0. The molecule has 19 heavy (non-hydrogen) atoms. The van der Waals surface area contributed by atoms with Gasteiger partial charge in [0.05, 0.1) is 23.1 Å². The van der Waals surface area contributed by atoms with Crippen molar-refractivity contribution in [1.29, 1.82) is 0 Å². The van der Waals surface area contributed by atoms with Crippen molar-refractivity contribution < 1.29 is 28.7 Å². The highest BCUT2D eigenvalue weighted by atomic mass is 16.6. The van der Waals surface area contributed by atoms with Gasteiger partial charge in [0.25, 0.3) is 0 Å². The van der Waals surface area contributed by atoms with E-state index in [2.05, 4.69) is 4.74 Å².